The van der Waals surface area contributed by atoms with Gasteiger partial charge in [0.1, 0.15) is 30.3 Å². The Morgan fingerprint density at radius 3 is 2.50 bits per heavy atom. The standard InChI is InChI=1S/C19H15ClO6/c1-23-13-3-5-14(6-4-13)24-8-9-25-19(22)18-11-16(21)15-10-12(20)2-7-17(15)26-18/h2-7,10-11H,8-9H2,1H3. The summed E-state index contributed by atoms with van der Waals surface area (Å²) >= 11 is 5.85. The summed E-state index contributed by atoms with van der Waals surface area (Å²) in [4.78, 5) is 24.1. The van der Waals surface area contributed by atoms with E-state index in [9.17, 15) is 9.59 Å². The van der Waals surface area contributed by atoms with Crippen LogP contribution >= 0.6 is 11.6 Å². The van der Waals surface area contributed by atoms with E-state index in [-0.39, 0.29) is 30.0 Å². The highest BCUT2D eigenvalue weighted by atomic mass is 35.5. The van der Waals surface area contributed by atoms with Gasteiger partial charge in [0.2, 0.25) is 5.76 Å². The minimum atomic E-state index is -0.739. The third-order valence-electron chi connectivity index (χ3n) is 3.54. The van der Waals surface area contributed by atoms with Crippen molar-refractivity contribution in [2.75, 3.05) is 20.3 Å². The highest BCUT2D eigenvalue weighted by Gasteiger charge is 2.14. The number of hydrogen-bond donors (Lipinski definition) is 0. The number of halogens is 1. The van der Waals surface area contributed by atoms with Crippen LogP contribution in [-0.4, -0.2) is 26.3 Å². The van der Waals surface area contributed by atoms with Gasteiger partial charge in [-0.25, -0.2) is 4.79 Å². The van der Waals surface area contributed by atoms with Gasteiger partial charge in [-0.2, -0.15) is 0 Å². The monoisotopic (exact) mass is 374 g/mol. The summed E-state index contributed by atoms with van der Waals surface area (Å²) in [6, 6.07) is 12.7. The molecule has 0 N–H and O–H groups in total. The van der Waals surface area contributed by atoms with Gasteiger partial charge in [0.15, 0.2) is 5.43 Å². The van der Waals surface area contributed by atoms with Crippen LogP contribution in [0.25, 0.3) is 11.0 Å². The lowest BCUT2D eigenvalue weighted by molar-refractivity contribution is 0.0415. The summed E-state index contributed by atoms with van der Waals surface area (Å²) in [5, 5.41) is 0.715. The maximum atomic E-state index is 12.1. The van der Waals surface area contributed by atoms with E-state index in [0.717, 1.165) is 11.8 Å². The molecule has 0 spiro atoms. The number of carbonyl (C=O) groups is 1. The third kappa shape index (κ3) is 4.15. The lowest BCUT2D eigenvalue weighted by Gasteiger charge is -2.08. The van der Waals surface area contributed by atoms with E-state index in [1.54, 1.807) is 37.4 Å². The van der Waals surface area contributed by atoms with E-state index in [1.165, 1.54) is 12.1 Å². The Hall–Kier alpha value is -2.99. The number of ether oxygens (including phenoxy) is 3. The first-order chi connectivity index (χ1) is 12.6. The molecule has 0 saturated heterocycles. The molecule has 0 amide bonds. The van der Waals surface area contributed by atoms with Crippen LogP contribution < -0.4 is 14.9 Å². The Kier molecular flexibility index (Phi) is 5.43. The summed E-state index contributed by atoms with van der Waals surface area (Å²) in [6.07, 6.45) is 0. The van der Waals surface area contributed by atoms with Crippen molar-refractivity contribution in [1.82, 2.24) is 0 Å². The van der Waals surface area contributed by atoms with Gasteiger partial charge in [-0.05, 0) is 42.5 Å². The summed E-state index contributed by atoms with van der Waals surface area (Å²) in [7, 11) is 1.58. The normalized spacial score (nSPS) is 10.5. The number of fused-ring (bicyclic) bond motifs is 1. The fraction of sp³-hybridized carbons (Fsp3) is 0.158. The molecule has 2 aromatic carbocycles. The van der Waals surface area contributed by atoms with Crippen molar-refractivity contribution < 1.29 is 23.4 Å². The molecule has 0 atom stereocenters. The van der Waals surface area contributed by atoms with Crippen molar-refractivity contribution in [2.24, 2.45) is 0 Å². The lowest BCUT2D eigenvalue weighted by atomic mass is 10.2. The Labute approximate surface area is 153 Å². The van der Waals surface area contributed by atoms with Crippen molar-refractivity contribution >= 4 is 28.5 Å². The zero-order valence-corrected chi connectivity index (χ0v) is 14.6. The Morgan fingerprint density at radius 2 is 1.77 bits per heavy atom. The van der Waals surface area contributed by atoms with E-state index >= 15 is 0 Å². The van der Waals surface area contributed by atoms with E-state index < -0.39 is 5.97 Å². The first-order valence-corrected chi connectivity index (χ1v) is 8.12. The maximum absolute atomic E-state index is 12.1. The number of benzene rings is 2. The topological polar surface area (TPSA) is 75.0 Å². The van der Waals surface area contributed by atoms with Crippen LogP contribution in [0.1, 0.15) is 10.6 Å². The lowest BCUT2D eigenvalue weighted by Crippen LogP contribution is -2.14. The highest BCUT2D eigenvalue weighted by Crippen LogP contribution is 2.18. The van der Waals surface area contributed by atoms with Gasteiger partial charge in [-0.1, -0.05) is 11.6 Å². The fourth-order valence-electron chi connectivity index (χ4n) is 2.27. The molecule has 0 bridgehead atoms. The number of esters is 1. The second kappa shape index (κ2) is 7.93. The second-order valence-electron chi connectivity index (χ2n) is 5.28. The van der Waals surface area contributed by atoms with Crippen LogP contribution in [-0.2, 0) is 4.74 Å². The molecule has 0 aliphatic rings. The van der Waals surface area contributed by atoms with Gasteiger partial charge in [-0.3, -0.25) is 4.79 Å². The molecule has 7 heteroatoms. The van der Waals surface area contributed by atoms with Crippen LogP contribution in [0.4, 0.5) is 0 Å². The predicted octanol–water partition coefficient (Wildman–Crippen LogP) is 3.69. The SMILES string of the molecule is COc1ccc(OCCOC(=O)c2cc(=O)c3cc(Cl)ccc3o2)cc1. The van der Waals surface area contributed by atoms with Crippen LogP contribution in [0.2, 0.25) is 5.02 Å². The molecule has 0 aliphatic carbocycles. The Bertz CT molecular complexity index is 977. The number of hydrogen-bond acceptors (Lipinski definition) is 6. The first kappa shape index (κ1) is 17.8. The molecule has 26 heavy (non-hydrogen) atoms. The van der Waals surface area contributed by atoms with E-state index in [0.29, 0.717) is 16.2 Å². The van der Waals surface area contributed by atoms with Crippen LogP contribution in [0.5, 0.6) is 11.5 Å². The molecule has 3 rings (SSSR count). The second-order valence-corrected chi connectivity index (χ2v) is 5.71. The van der Waals surface area contributed by atoms with Crippen LogP contribution in [0, 0.1) is 0 Å². The summed E-state index contributed by atoms with van der Waals surface area (Å²) in [6.45, 7) is 0.165. The van der Waals surface area contributed by atoms with Gasteiger partial charge in [0.05, 0.1) is 12.5 Å². The first-order valence-electron chi connectivity index (χ1n) is 7.74. The van der Waals surface area contributed by atoms with Crippen molar-refractivity contribution in [3.05, 3.63) is 69.5 Å². The molecule has 134 valence electrons. The number of rotatable bonds is 6. The molecule has 6 nitrogen and oxygen atoms in total. The molecular weight excluding hydrogens is 360 g/mol. The van der Waals surface area contributed by atoms with Crippen molar-refractivity contribution in [3.63, 3.8) is 0 Å². The van der Waals surface area contributed by atoms with Gasteiger partial charge in [-0.15, -0.1) is 0 Å². The van der Waals surface area contributed by atoms with Gasteiger partial charge >= 0.3 is 5.97 Å². The minimum Gasteiger partial charge on any atom is -0.497 e. The molecule has 1 aromatic heterocycles. The van der Waals surface area contributed by atoms with E-state index in [1.807, 2.05) is 0 Å². The van der Waals surface area contributed by atoms with Gasteiger partial charge in [0, 0.05) is 11.1 Å². The van der Waals surface area contributed by atoms with Crippen molar-refractivity contribution in [3.8, 4) is 11.5 Å². The molecule has 0 aliphatic heterocycles. The largest absolute Gasteiger partial charge is 0.497 e. The van der Waals surface area contributed by atoms with Crippen LogP contribution in [0.15, 0.2) is 57.7 Å². The number of carbonyl (C=O) groups excluding carboxylic acids is 1. The average molecular weight is 375 g/mol. The zero-order valence-electron chi connectivity index (χ0n) is 13.9. The third-order valence-corrected chi connectivity index (χ3v) is 3.77. The van der Waals surface area contributed by atoms with Crippen LogP contribution in [0.3, 0.4) is 0 Å². The predicted molar refractivity (Wildman–Crippen MR) is 96.3 cm³/mol. The molecular formula is C19H15ClO6. The van der Waals surface area contributed by atoms with Crippen molar-refractivity contribution in [2.45, 2.75) is 0 Å². The minimum absolute atomic E-state index is 0.00717. The quantitative estimate of drug-likeness (QED) is 0.484. The van der Waals surface area contributed by atoms with E-state index in [4.69, 9.17) is 30.2 Å². The molecule has 1 heterocycles. The Morgan fingerprint density at radius 1 is 1.04 bits per heavy atom. The smallest absolute Gasteiger partial charge is 0.374 e. The van der Waals surface area contributed by atoms with Gasteiger partial charge in [0.25, 0.3) is 0 Å². The fourth-order valence-corrected chi connectivity index (χ4v) is 2.44. The summed E-state index contributed by atoms with van der Waals surface area (Å²) in [5.74, 6) is 0.430. The molecule has 0 fully saturated rings. The van der Waals surface area contributed by atoms with Gasteiger partial charge < -0.3 is 18.6 Å². The Balaban J connectivity index is 1.58. The summed E-state index contributed by atoms with van der Waals surface area (Å²) in [5.41, 5.74) is -0.0986. The van der Waals surface area contributed by atoms with Crippen molar-refractivity contribution in [1.29, 1.82) is 0 Å². The average Bonchev–Trinajstić information content (AvgIpc) is 2.66. The highest BCUT2D eigenvalue weighted by molar-refractivity contribution is 6.31. The summed E-state index contributed by atoms with van der Waals surface area (Å²) < 4.78 is 21.0. The molecule has 0 radical (unpaired) electrons. The number of methoxy groups -OCH3 is 1. The molecule has 3 aromatic rings. The maximum Gasteiger partial charge on any atom is 0.374 e. The molecule has 0 saturated carbocycles. The zero-order chi connectivity index (χ0) is 18.5. The molecule has 0 unspecified atom stereocenters. The van der Waals surface area contributed by atoms with E-state index in [2.05, 4.69) is 0 Å².